The standard InChI is InChI=1S/C18H20N6OS/c25-17(15-12-24(23-22-15)14-6-8-19-9-7-14)21-16(18-20-10-11-26-18)13-4-2-1-3-5-13/h1-5,10-12,14,16,19H,6-9H2,(H,21,25). The molecule has 1 atom stereocenters. The number of nitrogens with zero attached hydrogens (tertiary/aromatic N) is 4. The number of hydrogen-bond acceptors (Lipinski definition) is 6. The Morgan fingerprint density at radius 1 is 1.27 bits per heavy atom. The van der Waals surface area contributed by atoms with Gasteiger partial charge in [0.1, 0.15) is 11.0 Å². The van der Waals surface area contributed by atoms with Crippen molar-refractivity contribution in [2.24, 2.45) is 0 Å². The first-order valence-electron chi connectivity index (χ1n) is 8.69. The predicted molar refractivity (Wildman–Crippen MR) is 99.0 cm³/mol. The van der Waals surface area contributed by atoms with Gasteiger partial charge in [0.05, 0.1) is 12.2 Å². The van der Waals surface area contributed by atoms with Crippen LogP contribution in [0.5, 0.6) is 0 Å². The highest BCUT2D eigenvalue weighted by Gasteiger charge is 2.23. The molecule has 2 N–H and O–H groups in total. The molecule has 2 aromatic heterocycles. The summed E-state index contributed by atoms with van der Waals surface area (Å²) in [4.78, 5) is 17.1. The lowest BCUT2D eigenvalue weighted by Crippen LogP contribution is -2.30. The maximum absolute atomic E-state index is 12.8. The molecule has 134 valence electrons. The van der Waals surface area contributed by atoms with Crippen LogP contribution in [0.4, 0.5) is 0 Å². The molecule has 26 heavy (non-hydrogen) atoms. The van der Waals surface area contributed by atoms with Gasteiger partial charge in [-0.1, -0.05) is 35.5 Å². The monoisotopic (exact) mass is 368 g/mol. The minimum absolute atomic E-state index is 0.241. The molecule has 1 unspecified atom stereocenters. The minimum atomic E-state index is -0.298. The summed E-state index contributed by atoms with van der Waals surface area (Å²) in [6.07, 6.45) is 5.48. The van der Waals surface area contributed by atoms with Gasteiger partial charge in [0.25, 0.3) is 5.91 Å². The molecule has 0 saturated carbocycles. The lowest BCUT2D eigenvalue weighted by molar-refractivity contribution is 0.0937. The van der Waals surface area contributed by atoms with E-state index in [0.29, 0.717) is 11.7 Å². The lowest BCUT2D eigenvalue weighted by Gasteiger charge is -2.22. The molecular formula is C18H20N6OS. The number of thiazole rings is 1. The van der Waals surface area contributed by atoms with Gasteiger partial charge >= 0.3 is 0 Å². The predicted octanol–water partition coefficient (Wildman–Crippen LogP) is 2.18. The molecule has 0 bridgehead atoms. The van der Waals surface area contributed by atoms with Crippen LogP contribution in [0.25, 0.3) is 0 Å². The Bertz CT molecular complexity index is 842. The van der Waals surface area contributed by atoms with Crippen LogP contribution in [0.15, 0.2) is 48.1 Å². The Morgan fingerprint density at radius 2 is 2.08 bits per heavy atom. The Labute approximate surface area is 155 Å². The summed E-state index contributed by atoms with van der Waals surface area (Å²) in [5, 5.41) is 17.4. The largest absolute Gasteiger partial charge is 0.337 e. The Hall–Kier alpha value is -2.58. The second kappa shape index (κ2) is 7.76. The Morgan fingerprint density at radius 3 is 2.81 bits per heavy atom. The topological polar surface area (TPSA) is 84.7 Å². The normalized spacial score (nSPS) is 16.3. The van der Waals surface area contributed by atoms with E-state index >= 15 is 0 Å². The van der Waals surface area contributed by atoms with Gasteiger partial charge in [-0.3, -0.25) is 4.79 Å². The fourth-order valence-electron chi connectivity index (χ4n) is 3.15. The van der Waals surface area contributed by atoms with Crippen molar-refractivity contribution >= 4 is 17.2 Å². The van der Waals surface area contributed by atoms with Crippen LogP contribution in [0.1, 0.15) is 46.0 Å². The minimum Gasteiger partial charge on any atom is -0.337 e. The average Bonchev–Trinajstić information content (AvgIpc) is 3.39. The molecule has 1 aromatic carbocycles. The van der Waals surface area contributed by atoms with E-state index in [4.69, 9.17) is 0 Å². The number of carbonyl (C=O) groups is 1. The molecule has 1 saturated heterocycles. The van der Waals surface area contributed by atoms with Crippen molar-refractivity contribution in [3.05, 3.63) is 64.4 Å². The van der Waals surface area contributed by atoms with Gasteiger partial charge in [-0.05, 0) is 31.5 Å². The smallest absolute Gasteiger partial charge is 0.274 e. The molecule has 1 aliphatic heterocycles. The van der Waals surface area contributed by atoms with Gasteiger partial charge in [0, 0.05) is 11.6 Å². The van der Waals surface area contributed by atoms with Gasteiger partial charge < -0.3 is 10.6 Å². The fraction of sp³-hybridized carbons (Fsp3) is 0.333. The van der Waals surface area contributed by atoms with E-state index in [1.807, 2.05) is 40.4 Å². The fourth-order valence-corrected chi connectivity index (χ4v) is 3.86. The molecule has 3 aromatic rings. The molecule has 1 amide bonds. The number of rotatable bonds is 5. The third-order valence-electron chi connectivity index (χ3n) is 4.53. The van der Waals surface area contributed by atoms with Gasteiger partial charge in [0.2, 0.25) is 0 Å². The van der Waals surface area contributed by atoms with E-state index < -0.39 is 0 Å². The van der Waals surface area contributed by atoms with Crippen LogP contribution in [0.3, 0.4) is 0 Å². The van der Waals surface area contributed by atoms with Crippen molar-refractivity contribution in [1.82, 2.24) is 30.6 Å². The van der Waals surface area contributed by atoms with Crippen molar-refractivity contribution in [3.8, 4) is 0 Å². The first-order chi connectivity index (χ1) is 12.8. The lowest BCUT2D eigenvalue weighted by atomic mass is 10.1. The van der Waals surface area contributed by atoms with Gasteiger partial charge in [-0.15, -0.1) is 16.4 Å². The zero-order chi connectivity index (χ0) is 17.8. The van der Waals surface area contributed by atoms with E-state index in [9.17, 15) is 4.79 Å². The van der Waals surface area contributed by atoms with E-state index in [1.54, 1.807) is 12.4 Å². The second-order valence-electron chi connectivity index (χ2n) is 6.25. The third kappa shape index (κ3) is 3.66. The van der Waals surface area contributed by atoms with Crippen molar-refractivity contribution in [1.29, 1.82) is 0 Å². The van der Waals surface area contributed by atoms with Crippen molar-refractivity contribution in [2.45, 2.75) is 24.9 Å². The summed E-state index contributed by atoms with van der Waals surface area (Å²) in [7, 11) is 0. The van der Waals surface area contributed by atoms with E-state index in [2.05, 4.69) is 25.9 Å². The number of hydrogen-bond donors (Lipinski definition) is 2. The maximum Gasteiger partial charge on any atom is 0.274 e. The van der Waals surface area contributed by atoms with Gasteiger partial charge in [-0.2, -0.15) is 0 Å². The third-order valence-corrected chi connectivity index (χ3v) is 5.37. The second-order valence-corrected chi connectivity index (χ2v) is 7.18. The first-order valence-corrected chi connectivity index (χ1v) is 9.57. The molecule has 7 nitrogen and oxygen atoms in total. The molecular weight excluding hydrogens is 348 g/mol. The van der Waals surface area contributed by atoms with Gasteiger partial charge in [-0.25, -0.2) is 9.67 Å². The molecule has 4 rings (SSSR count). The van der Waals surface area contributed by atoms with Crippen LogP contribution in [0, 0.1) is 0 Å². The molecule has 0 spiro atoms. The van der Waals surface area contributed by atoms with Crippen molar-refractivity contribution in [3.63, 3.8) is 0 Å². The number of aromatic nitrogens is 4. The van der Waals surface area contributed by atoms with Crippen LogP contribution < -0.4 is 10.6 Å². The number of benzene rings is 1. The van der Waals surface area contributed by atoms with Crippen molar-refractivity contribution in [2.75, 3.05) is 13.1 Å². The molecule has 1 fully saturated rings. The number of piperidine rings is 1. The molecule has 0 aliphatic carbocycles. The maximum atomic E-state index is 12.8. The van der Waals surface area contributed by atoms with Crippen LogP contribution in [-0.4, -0.2) is 39.0 Å². The summed E-state index contributed by atoms with van der Waals surface area (Å²) < 4.78 is 1.82. The number of carbonyl (C=O) groups excluding carboxylic acids is 1. The summed E-state index contributed by atoms with van der Waals surface area (Å²) in [5.41, 5.74) is 1.32. The quantitative estimate of drug-likeness (QED) is 0.721. The summed E-state index contributed by atoms with van der Waals surface area (Å²) in [6.45, 7) is 1.93. The molecule has 1 aliphatic rings. The zero-order valence-electron chi connectivity index (χ0n) is 14.2. The highest BCUT2D eigenvalue weighted by atomic mass is 32.1. The number of nitrogens with one attached hydrogen (secondary N) is 2. The average molecular weight is 368 g/mol. The Balaban J connectivity index is 1.53. The SMILES string of the molecule is O=C(NC(c1ccccc1)c1nccs1)c1cn(C2CCNCC2)nn1. The molecule has 3 heterocycles. The highest BCUT2D eigenvalue weighted by molar-refractivity contribution is 7.09. The summed E-state index contributed by atoms with van der Waals surface area (Å²) in [5.74, 6) is -0.241. The van der Waals surface area contributed by atoms with E-state index in [0.717, 1.165) is 36.5 Å². The molecule has 8 heteroatoms. The van der Waals surface area contributed by atoms with E-state index in [1.165, 1.54) is 11.3 Å². The van der Waals surface area contributed by atoms with Crippen LogP contribution >= 0.6 is 11.3 Å². The zero-order valence-corrected chi connectivity index (χ0v) is 15.0. The molecule has 0 radical (unpaired) electrons. The van der Waals surface area contributed by atoms with Crippen LogP contribution in [-0.2, 0) is 0 Å². The van der Waals surface area contributed by atoms with Crippen molar-refractivity contribution < 1.29 is 4.79 Å². The van der Waals surface area contributed by atoms with Gasteiger partial charge in [0.15, 0.2) is 5.69 Å². The summed E-state index contributed by atoms with van der Waals surface area (Å²) in [6, 6.07) is 9.83. The highest BCUT2D eigenvalue weighted by Crippen LogP contribution is 2.24. The summed E-state index contributed by atoms with van der Waals surface area (Å²) >= 11 is 1.52. The van der Waals surface area contributed by atoms with Crippen LogP contribution in [0.2, 0.25) is 0 Å². The number of amides is 1. The first kappa shape index (κ1) is 16.9. The van der Waals surface area contributed by atoms with E-state index in [-0.39, 0.29) is 11.9 Å². The Kier molecular flexibility index (Phi) is 5.03.